The van der Waals surface area contributed by atoms with E-state index < -0.39 is 12.0 Å². The van der Waals surface area contributed by atoms with Crippen molar-refractivity contribution in [2.75, 3.05) is 23.7 Å². The Balaban J connectivity index is 1.49. The third-order valence-corrected chi connectivity index (χ3v) is 6.06. The fourth-order valence-electron chi connectivity index (χ4n) is 4.20. The van der Waals surface area contributed by atoms with Crippen molar-refractivity contribution in [2.24, 2.45) is 0 Å². The average molecular weight is 515 g/mol. The first-order chi connectivity index (χ1) is 18.4. The number of ether oxygens (including phenoxy) is 1. The summed E-state index contributed by atoms with van der Waals surface area (Å²) in [6.45, 7) is 4.07. The second kappa shape index (κ2) is 10.5. The van der Waals surface area contributed by atoms with E-state index in [1.807, 2.05) is 0 Å². The molecule has 2 aromatic heterocycles. The molecule has 5 rings (SSSR count). The molecule has 2 aromatic carbocycles. The highest BCUT2D eigenvalue weighted by molar-refractivity contribution is 6.03. The van der Waals surface area contributed by atoms with Gasteiger partial charge in [0.1, 0.15) is 29.8 Å². The Bertz CT molecular complexity index is 1550. The van der Waals surface area contributed by atoms with Gasteiger partial charge in [0.05, 0.1) is 23.4 Å². The average Bonchev–Trinajstić information content (AvgIpc) is 3.39. The van der Waals surface area contributed by atoms with Crippen LogP contribution in [0.2, 0.25) is 0 Å². The van der Waals surface area contributed by atoms with Crippen LogP contribution in [0.15, 0.2) is 73.7 Å². The first kappa shape index (κ1) is 24.6. The normalized spacial score (nSPS) is 14.8. The molecule has 0 unspecified atom stereocenters. The molecule has 0 aliphatic carbocycles. The fraction of sp³-hybridized carbons (Fsp3) is 0.148. The summed E-state index contributed by atoms with van der Waals surface area (Å²) >= 11 is 0. The van der Waals surface area contributed by atoms with Crippen LogP contribution in [0.5, 0.6) is 5.75 Å². The van der Waals surface area contributed by atoms with Crippen LogP contribution >= 0.6 is 0 Å². The monoisotopic (exact) mass is 514 g/mol. The zero-order valence-electron chi connectivity index (χ0n) is 20.1. The van der Waals surface area contributed by atoms with Crippen LogP contribution < -0.4 is 15.4 Å². The van der Waals surface area contributed by atoms with E-state index in [0.717, 1.165) is 6.08 Å². The van der Waals surface area contributed by atoms with Crippen molar-refractivity contribution in [3.8, 4) is 17.0 Å². The fourth-order valence-corrected chi connectivity index (χ4v) is 4.20. The second-order valence-electron chi connectivity index (χ2n) is 8.57. The van der Waals surface area contributed by atoms with Gasteiger partial charge in [-0.2, -0.15) is 0 Å². The van der Waals surface area contributed by atoms with Gasteiger partial charge in [-0.15, -0.1) is 0 Å². The number of likely N-dealkylation sites (tertiary alicyclic amines) is 1. The lowest BCUT2D eigenvalue weighted by molar-refractivity contribution is -0.111. The van der Waals surface area contributed by atoms with Gasteiger partial charge in [-0.3, -0.25) is 9.78 Å². The van der Waals surface area contributed by atoms with Gasteiger partial charge in [0.2, 0.25) is 5.91 Å². The van der Waals surface area contributed by atoms with Gasteiger partial charge < -0.3 is 25.4 Å². The van der Waals surface area contributed by atoms with Crippen molar-refractivity contribution in [3.63, 3.8) is 0 Å². The van der Waals surface area contributed by atoms with Gasteiger partial charge in [-0.05, 0) is 36.4 Å². The summed E-state index contributed by atoms with van der Waals surface area (Å²) < 4.78 is 20.4. The molecular formula is C27H23FN6O4. The highest BCUT2D eigenvalue weighted by Crippen LogP contribution is 2.35. The van der Waals surface area contributed by atoms with Gasteiger partial charge in [0.15, 0.2) is 0 Å². The number of carbonyl (C=O) groups is 2. The van der Waals surface area contributed by atoms with Crippen LogP contribution in [0.1, 0.15) is 6.42 Å². The van der Waals surface area contributed by atoms with E-state index in [0.29, 0.717) is 58.1 Å². The number of nitrogens with zero attached hydrogens (tertiary/aromatic N) is 4. The molecule has 4 aromatic rings. The molecule has 2 amide bonds. The van der Waals surface area contributed by atoms with Gasteiger partial charge in [-0.25, -0.2) is 19.2 Å². The minimum Gasteiger partial charge on any atom is -0.486 e. The molecule has 11 heteroatoms. The zero-order chi connectivity index (χ0) is 26.6. The van der Waals surface area contributed by atoms with E-state index in [4.69, 9.17) is 4.74 Å². The van der Waals surface area contributed by atoms with Crippen LogP contribution in [0.4, 0.5) is 26.4 Å². The Morgan fingerprint density at radius 2 is 2.00 bits per heavy atom. The number of rotatable bonds is 7. The first-order valence-electron chi connectivity index (χ1n) is 11.8. The maximum absolute atomic E-state index is 14.3. The van der Waals surface area contributed by atoms with E-state index in [1.54, 1.807) is 48.7 Å². The SMILES string of the molecule is C=CC(=O)Nc1cc2c(Nc3ccnc(-c4ccccc4F)c3)ncnc2cc1O[C@@H]1CCN(C(=O)O)C1. The molecule has 3 N–H and O–H groups in total. The van der Waals surface area contributed by atoms with Crippen LogP contribution in [-0.2, 0) is 4.79 Å². The topological polar surface area (TPSA) is 130 Å². The molecule has 192 valence electrons. The summed E-state index contributed by atoms with van der Waals surface area (Å²) in [6, 6.07) is 13.2. The Morgan fingerprint density at radius 3 is 2.76 bits per heavy atom. The summed E-state index contributed by atoms with van der Waals surface area (Å²) in [4.78, 5) is 37.7. The van der Waals surface area contributed by atoms with Crippen molar-refractivity contribution in [3.05, 3.63) is 79.5 Å². The van der Waals surface area contributed by atoms with Crippen LogP contribution in [0, 0.1) is 5.82 Å². The third kappa shape index (κ3) is 5.21. The number of aromatic nitrogens is 3. The lowest BCUT2D eigenvalue weighted by atomic mass is 10.1. The van der Waals surface area contributed by atoms with E-state index in [9.17, 15) is 19.1 Å². The summed E-state index contributed by atoms with van der Waals surface area (Å²) in [6.07, 6.45) is 3.22. The number of nitrogens with one attached hydrogen (secondary N) is 2. The maximum Gasteiger partial charge on any atom is 0.407 e. The predicted molar refractivity (Wildman–Crippen MR) is 140 cm³/mol. The summed E-state index contributed by atoms with van der Waals surface area (Å²) in [7, 11) is 0. The largest absolute Gasteiger partial charge is 0.486 e. The number of halogens is 1. The van der Waals surface area contributed by atoms with Crippen molar-refractivity contribution >= 4 is 40.1 Å². The minimum atomic E-state index is -1.01. The number of hydrogen-bond donors (Lipinski definition) is 3. The highest BCUT2D eigenvalue weighted by atomic mass is 19.1. The zero-order valence-corrected chi connectivity index (χ0v) is 20.1. The Kier molecular flexibility index (Phi) is 6.81. The van der Waals surface area contributed by atoms with E-state index in [1.165, 1.54) is 17.3 Å². The molecule has 1 aliphatic heterocycles. The van der Waals surface area contributed by atoms with E-state index in [2.05, 4.69) is 32.2 Å². The lowest BCUT2D eigenvalue weighted by Gasteiger charge is -2.18. The van der Waals surface area contributed by atoms with Crippen molar-refractivity contribution in [1.82, 2.24) is 19.9 Å². The minimum absolute atomic E-state index is 0.213. The summed E-state index contributed by atoms with van der Waals surface area (Å²) in [5.41, 5.74) is 2.33. The number of fused-ring (bicyclic) bond motifs is 1. The van der Waals surface area contributed by atoms with Gasteiger partial charge in [0.25, 0.3) is 0 Å². The molecule has 10 nitrogen and oxygen atoms in total. The first-order valence-corrected chi connectivity index (χ1v) is 11.8. The molecule has 38 heavy (non-hydrogen) atoms. The van der Waals surface area contributed by atoms with Crippen LogP contribution in [0.25, 0.3) is 22.2 Å². The maximum atomic E-state index is 14.3. The van der Waals surface area contributed by atoms with Crippen LogP contribution in [-0.4, -0.2) is 56.2 Å². The lowest BCUT2D eigenvalue weighted by Crippen LogP contribution is -2.29. The molecule has 0 bridgehead atoms. The number of carboxylic acid groups (broad SMARTS) is 1. The highest BCUT2D eigenvalue weighted by Gasteiger charge is 2.28. The van der Waals surface area contributed by atoms with Gasteiger partial charge in [0, 0.05) is 41.9 Å². The summed E-state index contributed by atoms with van der Waals surface area (Å²) in [5, 5.41) is 15.8. The quantitative estimate of drug-likeness (QED) is 0.299. The smallest absolute Gasteiger partial charge is 0.407 e. The summed E-state index contributed by atoms with van der Waals surface area (Å²) in [5.74, 6) is -0.0316. The molecule has 0 saturated carbocycles. The standard InChI is InChI=1S/C27H23FN6O4/c1-2-25(35)33-23-12-19-22(13-24(23)38-17-8-10-34(14-17)27(36)37)30-15-31-26(19)32-16-7-9-29-21(11-16)18-5-3-4-6-20(18)28/h2-7,9,11-13,15,17H,1,8,10,14H2,(H,33,35)(H,36,37)(H,29,30,31,32)/t17-/m1/s1. The number of benzene rings is 2. The van der Waals surface area contributed by atoms with Gasteiger partial charge in [-0.1, -0.05) is 18.7 Å². The number of amides is 2. The molecule has 1 aliphatic rings. The second-order valence-corrected chi connectivity index (χ2v) is 8.57. The van der Waals surface area contributed by atoms with E-state index >= 15 is 0 Å². The molecule has 1 atom stereocenters. The number of hydrogen-bond acceptors (Lipinski definition) is 7. The number of pyridine rings is 1. The van der Waals surface area contributed by atoms with Crippen molar-refractivity contribution in [1.29, 1.82) is 0 Å². The molecule has 1 fully saturated rings. The molecule has 1 saturated heterocycles. The van der Waals surface area contributed by atoms with E-state index in [-0.39, 0.29) is 18.5 Å². The predicted octanol–water partition coefficient (Wildman–Crippen LogP) is 4.83. The molecular weight excluding hydrogens is 491 g/mol. The van der Waals surface area contributed by atoms with Gasteiger partial charge >= 0.3 is 6.09 Å². The molecule has 0 radical (unpaired) electrons. The number of carbonyl (C=O) groups excluding carboxylic acids is 1. The molecule has 3 heterocycles. The van der Waals surface area contributed by atoms with Crippen molar-refractivity contribution < 1.29 is 23.8 Å². The Hall–Kier alpha value is -5.06. The Labute approximate surface area is 216 Å². The van der Waals surface area contributed by atoms with Crippen LogP contribution in [0.3, 0.4) is 0 Å². The Morgan fingerprint density at radius 1 is 1.16 bits per heavy atom. The third-order valence-electron chi connectivity index (χ3n) is 6.06. The van der Waals surface area contributed by atoms with Crippen molar-refractivity contribution in [2.45, 2.75) is 12.5 Å². The number of anilines is 3. The molecule has 0 spiro atoms.